The van der Waals surface area contributed by atoms with Gasteiger partial charge in [-0.05, 0) is 18.2 Å². The van der Waals surface area contributed by atoms with Gasteiger partial charge in [0.05, 0.1) is 11.4 Å². The monoisotopic (exact) mass is 267 g/mol. The predicted molar refractivity (Wildman–Crippen MR) is 66.9 cm³/mol. The van der Waals surface area contributed by atoms with Crippen LogP contribution in [0, 0.1) is 12.3 Å². The molecule has 0 aliphatic carbocycles. The number of amides is 1. The smallest absolute Gasteiger partial charge is 0.258 e. The molecule has 5 nitrogen and oxygen atoms in total. The van der Waals surface area contributed by atoms with Crippen molar-refractivity contribution >= 4 is 15.7 Å². The molecule has 0 aliphatic rings. The van der Waals surface area contributed by atoms with Crippen molar-refractivity contribution in [2.75, 3.05) is 19.4 Å². The fourth-order valence-electron chi connectivity index (χ4n) is 1.14. The van der Waals surface area contributed by atoms with Gasteiger partial charge in [-0.25, -0.2) is 8.42 Å². The van der Waals surface area contributed by atoms with Crippen LogP contribution in [-0.2, 0) is 14.6 Å². The number of ether oxygens (including phenoxy) is 1. The topological polar surface area (TPSA) is 72.5 Å². The summed E-state index contributed by atoms with van der Waals surface area (Å²) in [5, 5.41) is 2.43. The van der Waals surface area contributed by atoms with Gasteiger partial charge in [-0.3, -0.25) is 4.79 Å². The normalized spacial score (nSPS) is 10.4. The zero-order chi connectivity index (χ0) is 13.6. The van der Waals surface area contributed by atoms with Crippen molar-refractivity contribution in [3.05, 3.63) is 24.3 Å². The van der Waals surface area contributed by atoms with Crippen LogP contribution in [0.4, 0.5) is 0 Å². The van der Waals surface area contributed by atoms with Crippen LogP contribution in [0.25, 0.3) is 0 Å². The fraction of sp³-hybridized carbons (Fsp3) is 0.250. The minimum atomic E-state index is -3.29. The van der Waals surface area contributed by atoms with Crippen LogP contribution in [0.5, 0.6) is 5.75 Å². The Hall–Kier alpha value is -2.00. The molecule has 0 aromatic heterocycles. The molecule has 1 aromatic carbocycles. The van der Waals surface area contributed by atoms with Crippen LogP contribution < -0.4 is 10.1 Å². The van der Waals surface area contributed by atoms with Gasteiger partial charge in [0, 0.05) is 6.26 Å². The molecule has 0 atom stereocenters. The Morgan fingerprint density at radius 1 is 1.50 bits per heavy atom. The molecular formula is C12H13NO4S. The van der Waals surface area contributed by atoms with Crippen molar-refractivity contribution in [2.45, 2.75) is 4.90 Å². The first-order valence-corrected chi connectivity index (χ1v) is 6.95. The summed E-state index contributed by atoms with van der Waals surface area (Å²) in [7, 11) is -3.29. The van der Waals surface area contributed by atoms with Crippen LogP contribution in [-0.4, -0.2) is 33.7 Å². The predicted octanol–water partition coefficient (Wildman–Crippen LogP) is 0.218. The van der Waals surface area contributed by atoms with Crippen molar-refractivity contribution in [2.24, 2.45) is 0 Å². The number of hydrogen-bond acceptors (Lipinski definition) is 4. The maximum absolute atomic E-state index is 11.3. The second-order valence-electron chi connectivity index (χ2n) is 3.52. The van der Waals surface area contributed by atoms with E-state index in [1.807, 2.05) is 0 Å². The lowest BCUT2D eigenvalue weighted by Crippen LogP contribution is -2.29. The van der Waals surface area contributed by atoms with E-state index in [0.29, 0.717) is 5.75 Å². The van der Waals surface area contributed by atoms with Crippen LogP contribution in [0.15, 0.2) is 29.2 Å². The van der Waals surface area contributed by atoms with E-state index >= 15 is 0 Å². The number of rotatable bonds is 5. The van der Waals surface area contributed by atoms with Gasteiger partial charge in [0.2, 0.25) is 0 Å². The first-order valence-electron chi connectivity index (χ1n) is 5.06. The van der Waals surface area contributed by atoms with Crippen molar-refractivity contribution in [3.8, 4) is 18.1 Å². The molecule has 0 unspecified atom stereocenters. The molecule has 0 bridgehead atoms. The average Bonchev–Trinajstić information content (AvgIpc) is 2.33. The molecular weight excluding hydrogens is 254 g/mol. The molecule has 0 spiro atoms. The Kier molecular flexibility index (Phi) is 4.75. The lowest BCUT2D eigenvalue weighted by Gasteiger charge is -2.07. The highest BCUT2D eigenvalue weighted by atomic mass is 32.2. The summed E-state index contributed by atoms with van der Waals surface area (Å²) in [6.45, 7) is -0.0829. The van der Waals surface area contributed by atoms with Gasteiger partial charge in [-0.1, -0.05) is 12.0 Å². The van der Waals surface area contributed by atoms with E-state index in [1.54, 1.807) is 12.1 Å². The molecule has 1 amide bonds. The van der Waals surface area contributed by atoms with Crippen molar-refractivity contribution < 1.29 is 17.9 Å². The first kappa shape index (κ1) is 14.1. The summed E-state index contributed by atoms with van der Waals surface area (Å²) in [5.74, 6) is 2.21. The first-order chi connectivity index (χ1) is 8.43. The molecule has 96 valence electrons. The third kappa shape index (κ3) is 4.47. The Bertz CT molecular complexity index is 572. The van der Waals surface area contributed by atoms with E-state index in [2.05, 4.69) is 11.2 Å². The summed E-state index contributed by atoms with van der Waals surface area (Å²) in [4.78, 5) is 11.3. The highest BCUT2D eigenvalue weighted by Crippen LogP contribution is 2.17. The lowest BCUT2D eigenvalue weighted by atomic mass is 10.3. The Morgan fingerprint density at radius 3 is 2.83 bits per heavy atom. The van der Waals surface area contributed by atoms with Crippen LogP contribution in [0.1, 0.15) is 0 Å². The second kappa shape index (κ2) is 6.07. The maximum Gasteiger partial charge on any atom is 0.258 e. The van der Waals surface area contributed by atoms with Gasteiger partial charge in [-0.2, -0.15) is 0 Å². The maximum atomic E-state index is 11.3. The van der Waals surface area contributed by atoms with Crippen molar-refractivity contribution in [1.29, 1.82) is 0 Å². The third-order valence-corrected chi connectivity index (χ3v) is 3.10. The number of carbonyl (C=O) groups excluding carboxylic acids is 1. The molecule has 0 saturated heterocycles. The highest BCUT2D eigenvalue weighted by molar-refractivity contribution is 7.90. The summed E-state index contributed by atoms with van der Waals surface area (Å²) in [5.41, 5.74) is 0. The van der Waals surface area contributed by atoms with Gasteiger partial charge >= 0.3 is 0 Å². The van der Waals surface area contributed by atoms with E-state index < -0.39 is 9.84 Å². The summed E-state index contributed by atoms with van der Waals surface area (Å²) < 4.78 is 27.8. The van der Waals surface area contributed by atoms with E-state index in [1.165, 1.54) is 12.1 Å². The molecule has 1 N–H and O–H groups in total. The number of nitrogens with one attached hydrogen (secondary N) is 1. The third-order valence-electron chi connectivity index (χ3n) is 1.99. The summed E-state index contributed by atoms with van der Waals surface area (Å²) in [6.07, 6.45) is 6.08. The van der Waals surface area contributed by atoms with Gasteiger partial charge in [0.15, 0.2) is 16.4 Å². The Balaban J connectivity index is 2.64. The molecule has 0 saturated carbocycles. The Morgan fingerprint density at radius 2 is 2.22 bits per heavy atom. The van der Waals surface area contributed by atoms with E-state index in [4.69, 9.17) is 11.2 Å². The molecule has 0 radical (unpaired) electrons. The number of carbonyl (C=O) groups is 1. The van der Waals surface area contributed by atoms with Gasteiger partial charge in [-0.15, -0.1) is 6.42 Å². The minimum Gasteiger partial charge on any atom is -0.484 e. The molecule has 0 aliphatic heterocycles. The molecule has 0 fully saturated rings. The van der Waals surface area contributed by atoms with Gasteiger partial charge < -0.3 is 10.1 Å². The van der Waals surface area contributed by atoms with Crippen molar-refractivity contribution in [1.82, 2.24) is 5.32 Å². The Labute approximate surface area is 106 Å². The quantitative estimate of drug-likeness (QED) is 0.775. The number of sulfone groups is 1. The largest absolute Gasteiger partial charge is 0.484 e. The fourth-order valence-corrected chi connectivity index (χ4v) is 1.80. The average molecular weight is 267 g/mol. The number of hydrogen-bond donors (Lipinski definition) is 1. The summed E-state index contributed by atoms with van der Waals surface area (Å²) in [6, 6.07) is 5.94. The van der Waals surface area contributed by atoms with Crippen molar-refractivity contribution in [3.63, 3.8) is 0 Å². The number of terminal acetylenes is 1. The molecule has 1 aromatic rings. The summed E-state index contributed by atoms with van der Waals surface area (Å²) >= 11 is 0. The standard InChI is InChI=1S/C12H13NO4S/c1-3-7-13-12(14)9-17-10-5-4-6-11(8-10)18(2,15)16/h1,4-6,8H,7,9H2,2H3,(H,13,14). The van der Waals surface area contributed by atoms with Gasteiger partial charge in [0.1, 0.15) is 5.75 Å². The molecule has 1 rings (SSSR count). The number of benzene rings is 1. The minimum absolute atomic E-state index is 0.131. The van der Waals surface area contributed by atoms with Gasteiger partial charge in [0.25, 0.3) is 5.91 Å². The zero-order valence-corrected chi connectivity index (χ0v) is 10.7. The molecule has 6 heteroatoms. The zero-order valence-electron chi connectivity index (χ0n) is 9.84. The highest BCUT2D eigenvalue weighted by Gasteiger charge is 2.08. The van der Waals surface area contributed by atoms with E-state index in [0.717, 1.165) is 6.26 Å². The SMILES string of the molecule is C#CCNC(=O)COc1cccc(S(C)(=O)=O)c1. The van der Waals surface area contributed by atoms with E-state index in [-0.39, 0.29) is 24.0 Å². The lowest BCUT2D eigenvalue weighted by molar-refractivity contribution is -0.122. The van der Waals surface area contributed by atoms with Crippen LogP contribution in [0.3, 0.4) is 0 Å². The van der Waals surface area contributed by atoms with Crippen LogP contribution in [0.2, 0.25) is 0 Å². The molecule has 0 heterocycles. The van der Waals surface area contributed by atoms with Crippen LogP contribution >= 0.6 is 0 Å². The molecule has 18 heavy (non-hydrogen) atoms. The second-order valence-corrected chi connectivity index (χ2v) is 5.53. The van der Waals surface area contributed by atoms with E-state index in [9.17, 15) is 13.2 Å².